The van der Waals surface area contributed by atoms with Gasteiger partial charge in [0.05, 0.1) is 18.2 Å². The van der Waals surface area contributed by atoms with Crippen LogP contribution in [0.2, 0.25) is 0 Å². The number of aromatic nitrogens is 2. The fourth-order valence-electron chi connectivity index (χ4n) is 3.38. The van der Waals surface area contributed by atoms with E-state index in [-0.39, 0.29) is 27.8 Å². The largest absolute Gasteiger partial charge is 0.496 e. The third-order valence-electron chi connectivity index (χ3n) is 5.08. The quantitative estimate of drug-likeness (QED) is 0.207. The Hall–Kier alpha value is -3.99. The lowest BCUT2D eigenvalue weighted by molar-refractivity contribution is -0.199. The minimum Gasteiger partial charge on any atom is -0.496 e. The van der Waals surface area contributed by atoms with Crippen molar-refractivity contribution in [2.24, 2.45) is 0 Å². The fourth-order valence-corrected chi connectivity index (χ4v) is 5.46. The second-order valence-electron chi connectivity index (χ2n) is 7.49. The molecule has 0 saturated carbocycles. The van der Waals surface area contributed by atoms with Crippen molar-refractivity contribution in [1.82, 2.24) is 9.97 Å². The molecule has 0 radical (unpaired) electrons. The van der Waals surface area contributed by atoms with E-state index in [1.54, 1.807) is 0 Å². The molecule has 0 aliphatic heterocycles. The molecule has 0 fully saturated rings. The van der Waals surface area contributed by atoms with E-state index in [0.717, 1.165) is 37.7 Å². The topological polar surface area (TPSA) is 98.7 Å². The number of carbonyl (C=O) groups is 1. The lowest BCUT2D eigenvalue weighted by Crippen LogP contribution is -2.39. The predicted octanol–water partition coefficient (Wildman–Crippen LogP) is 5.74. The maximum absolute atomic E-state index is 15.3. The molecule has 8 nitrogen and oxygen atoms in total. The van der Waals surface area contributed by atoms with E-state index in [4.69, 9.17) is 4.74 Å². The van der Waals surface area contributed by atoms with Crippen LogP contribution in [0.5, 0.6) is 5.75 Å². The molecule has 2 aromatic carbocycles. The Morgan fingerprint density at radius 2 is 1.69 bits per heavy atom. The second-order valence-corrected chi connectivity index (χ2v) is 10.1. The number of hydrogen-bond donors (Lipinski definition) is 0. The van der Waals surface area contributed by atoms with Gasteiger partial charge in [-0.3, -0.25) is 4.98 Å². The van der Waals surface area contributed by atoms with Crippen molar-refractivity contribution in [2.75, 3.05) is 11.6 Å². The number of pyridine rings is 1. The summed E-state index contributed by atoms with van der Waals surface area (Å²) in [6.07, 6.45) is -8.12. The summed E-state index contributed by atoms with van der Waals surface area (Å²) in [5.74, 6) is -4.63. The van der Waals surface area contributed by atoms with Gasteiger partial charge in [-0.1, -0.05) is 10.5 Å². The van der Waals surface area contributed by atoms with Crippen molar-refractivity contribution >= 4 is 43.4 Å². The molecule has 17 heteroatoms. The summed E-state index contributed by atoms with van der Waals surface area (Å²) in [7, 11) is -4.23. The Morgan fingerprint density at radius 3 is 2.28 bits per heavy atom. The number of ether oxygens (including phenoxy) is 1. The molecule has 0 amide bonds. The predicted molar refractivity (Wildman–Crippen MR) is 123 cm³/mol. The van der Waals surface area contributed by atoms with Crippen LogP contribution >= 0.6 is 11.3 Å². The number of carbonyl (C=O) groups excluding carboxylic acids is 1. The van der Waals surface area contributed by atoms with E-state index in [1.165, 1.54) is 11.4 Å². The maximum atomic E-state index is 15.3. The first kappa shape index (κ1) is 28.0. The number of thiazole rings is 1. The molecule has 0 bridgehead atoms. The highest BCUT2D eigenvalue weighted by Gasteiger charge is 2.46. The summed E-state index contributed by atoms with van der Waals surface area (Å²) >= 11 is 0.480. The van der Waals surface area contributed by atoms with Crippen LogP contribution in [0.1, 0.15) is 5.56 Å². The maximum Gasteiger partial charge on any atom is 0.493 e. The zero-order valence-electron chi connectivity index (χ0n) is 19.0. The molecular weight excluding hydrogens is 583 g/mol. The highest BCUT2D eigenvalue weighted by molar-refractivity contribution is 7.92. The Balaban J connectivity index is 1.86. The highest BCUT2D eigenvalue weighted by atomic mass is 32.2. The van der Waals surface area contributed by atoms with E-state index in [2.05, 4.69) is 14.8 Å². The Bertz CT molecular complexity index is 1660. The van der Waals surface area contributed by atoms with Crippen LogP contribution < -0.4 is 9.21 Å². The molecule has 2 aromatic heterocycles. The van der Waals surface area contributed by atoms with E-state index in [0.29, 0.717) is 23.5 Å². The standard InChI is InChI=1S/C22H12F7N3O5S2/c1-36-17-8-11(21(24,25)26)2-3-13(17)12-4-5-30-16-10-18(15(23)9-14(12)16)39(34,35)32(20-31-6-7-38-20)37-19(33)22(27,28)29/h2-10H,1H3. The van der Waals surface area contributed by atoms with Crippen LogP contribution in [0.4, 0.5) is 35.9 Å². The highest BCUT2D eigenvalue weighted by Crippen LogP contribution is 2.40. The number of halogens is 7. The van der Waals surface area contributed by atoms with Crippen molar-refractivity contribution in [3.05, 3.63) is 65.6 Å². The van der Waals surface area contributed by atoms with E-state index in [1.807, 2.05) is 0 Å². The smallest absolute Gasteiger partial charge is 0.493 e. The van der Waals surface area contributed by atoms with Gasteiger partial charge >= 0.3 is 28.3 Å². The Morgan fingerprint density at radius 1 is 0.974 bits per heavy atom. The molecule has 2 heterocycles. The molecule has 39 heavy (non-hydrogen) atoms. The van der Waals surface area contributed by atoms with Gasteiger partial charge in [0, 0.05) is 28.7 Å². The molecule has 0 spiro atoms. The minimum atomic E-state index is -5.59. The number of hydrogen-bond acceptors (Lipinski definition) is 8. The lowest BCUT2D eigenvalue weighted by atomic mass is 9.99. The molecule has 206 valence electrons. The van der Waals surface area contributed by atoms with Gasteiger partial charge in [-0.05, 0) is 35.9 Å². The monoisotopic (exact) mass is 595 g/mol. The molecule has 0 unspecified atom stereocenters. The lowest BCUT2D eigenvalue weighted by Gasteiger charge is -2.21. The van der Waals surface area contributed by atoms with Crippen molar-refractivity contribution in [1.29, 1.82) is 0 Å². The number of alkyl halides is 6. The SMILES string of the molecule is COc1cc(C(F)(F)F)ccc1-c1ccnc2cc(S(=O)(=O)N(OC(=O)C(F)(F)F)c3nccs3)c(F)cc12. The number of sulfonamides is 1. The van der Waals surface area contributed by atoms with Crippen LogP contribution in [0, 0.1) is 5.82 Å². The molecule has 0 N–H and O–H groups in total. The molecule has 4 aromatic rings. The van der Waals surface area contributed by atoms with Crippen LogP contribution in [-0.2, 0) is 25.8 Å². The van der Waals surface area contributed by atoms with E-state index >= 15 is 4.39 Å². The number of nitrogens with zero attached hydrogens (tertiary/aromatic N) is 3. The van der Waals surface area contributed by atoms with Crippen LogP contribution in [-0.4, -0.2) is 37.6 Å². The number of methoxy groups -OCH3 is 1. The number of anilines is 1. The summed E-state index contributed by atoms with van der Waals surface area (Å²) in [4.78, 5) is 21.7. The summed E-state index contributed by atoms with van der Waals surface area (Å²) in [6.45, 7) is 0. The summed E-state index contributed by atoms with van der Waals surface area (Å²) in [5, 5.41) is 0.366. The Labute approximate surface area is 218 Å². The Kier molecular flexibility index (Phi) is 7.16. The van der Waals surface area contributed by atoms with Crippen molar-refractivity contribution in [2.45, 2.75) is 17.2 Å². The third kappa shape index (κ3) is 5.44. The first-order valence-corrected chi connectivity index (χ1v) is 12.5. The van der Waals surface area contributed by atoms with Gasteiger partial charge in [-0.25, -0.2) is 14.2 Å². The normalized spacial score (nSPS) is 12.4. The molecule has 0 saturated heterocycles. The zero-order valence-corrected chi connectivity index (χ0v) is 20.7. The van der Waals surface area contributed by atoms with Crippen LogP contribution in [0.25, 0.3) is 22.0 Å². The third-order valence-corrected chi connectivity index (χ3v) is 7.49. The van der Waals surface area contributed by atoms with Gasteiger partial charge in [-0.2, -0.15) is 34.8 Å². The molecule has 4 rings (SSSR count). The van der Waals surface area contributed by atoms with Gasteiger partial charge in [0.2, 0.25) is 5.13 Å². The molecule has 0 atom stereocenters. The minimum absolute atomic E-state index is 0.0694. The van der Waals surface area contributed by atoms with Gasteiger partial charge < -0.3 is 9.57 Å². The first-order chi connectivity index (χ1) is 18.1. The molecule has 0 aliphatic rings. The fraction of sp³-hybridized carbons (Fsp3) is 0.136. The summed E-state index contributed by atoms with van der Waals surface area (Å²) < 4.78 is 124. The number of rotatable bonds is 6. The van der Waals surface area contributed by atoms with Crippen molar-refractivity contribution in [3.8, 4) is 16.9 Å². The van der Waals surface area contributed by atoms with Gasteiger partial charge in [0.25, 0.3) is 0 Å². The van der Waals surface area contributed by atoms with Gasteiger partial charge in [0.1, 0.15) is 16.5 Å². The number of fused-ring (bicyclic) bond motifs is 1. The second kappa shape index (κ2) is 9.96. The number of benzene rings is 2. The van der Waals surface area contributed by atoms with Crippen molar-refractivity contribution < 1.29 is 53.5 Å². The first-order valence-electron chi connectivity index (χ1n) is 10.2. The van der Waals surface area contributed by atoms with E-state index < -0.39 is 54.2 Å². The average molecular weight is 595 g/mol. The van der Waals surface area contributed by atoms with Crippen molar-refractivity contribution in [3.63, 3.8) is 0 Å². The van der Waals surface area contributed by atoms with Crippen LogP contribution in [0.3, 0.4) is 0 Å². The van der Waals surface area contributed by atoms with E-state index in [9.17, 15) is 39.6 Å². The summed E-state index contributed by atoms with van der Waals surface area (Å²) in [6, 6.07) is 5.21. The van der Waals surface area contributed by atoms with Gasteiger partial charge in [0.15, 0.2) is 0 Å². The van der Waals surface area contributed by atoms with Gasteiger partial charge in [-0.15, -0.1) is 11.3 Å². The van der Waals surface area contributed by atoms with Crippen LogP contribution in [0.15, 0.2) is 59.1 Å². The average Bonchev–Trinajstić information content (AvgIpc) is 3.39. The zero-order chi connectivity index (χ0) is 28.8. The molecular formula is C22H12F7N3O5S2. The molecule has 0 aliphatic carbocycles. The summed E-state index contributed by atoms with van der Waals surface area (Å²) in [5.41, 5.74) is -1.04.